The summed E-state index contributed by atoms with van der Waals surface area (Å²) in [5, 5.41) is 3.26. The van der Waals surface area contributed by atoms with Gasteiger partial charge in [-0.25, -0.2) is 4.98 Å². The van der Waals surface area contributed by atoms with E-state index in [1.165, 1.54) is 0 Å². The van der Waals surface area contributed by atoms with Crippen LogP contribution in [0.2, 0.25) is 5.02 Å². The monoisotopic (exact) mass is 524 g/mol. The van der Waals surface area contributed by atoms with Crippen molar-refractivity contribution in [1.82, 2.24) is 14.9 Å². The van der Waals surface area contributed by atoms with Crippen molar-refractivity contribution >= 4 is 35.0 Å². The maximum Gasteiger partial charge on any atom is 0.256 e. The minimum Gasteiger partial charge on any atom is -0.324 e. The molecule has 0 unspecified atom stereocenters. The lowest BCUT2D eigenvalue weighted by molar-refractivity contribution is -0.122. The Morgan fingerprint density at radius 3 is 2.55 bits per heavy atom. The Morgan fingerprint density at radius 1 is 1.03 bits per heavy atom. The maximum absolute atomic E-state index is 13.7. The van der Waals surface area contributed by atoms with Crippen LogP contribution in [0.1, 0.15) is 43.1 Å². The Balaban J connectivity index is 1.40. The fourth-order valence-electron chi connectivity index (χ4n) is 4.50. The highest BCUT2D eigenvalue weighted by molar-refractivity contribution is 6.30. The molecule has 4 aromatic rings. The van der Waals surface area contributed by atoms with E-state index in [0.29, 0.717) is 34.0 Å². The standard InChI is InChI=1S/C30H25ClN4O3/c1-19-5-12-28(33-17-19)34-29(37)21-8-6-20(7-9-21)18-35-26(16-24-4-2-3-13-32-24)27(36)15-22-14-23(31)10-11-25(22)30(35)38/h2-14,17,26H,15-16,18H2,1H3,(H,33,34,37)/t26-/m1/s1. The number of nitrogens with one attached hydrogen (secondary N) is 1. The molecule has 0 saturated carbocycles. The zero-order valence-electron chi connectivity index (χ0n) is 20.7. The number of aromatic nitrogens is 2. The van der Waals surface area contributed by atoms with Crippen molar-refractivity contribution in [3.63, 3.8) is 0 Å². The summed E-state index contributed by atoms with van der Waals surface area (Å²) in [6.45, 7) is 2.13. The molecule has 5 rings (SSSR count). The number of anilines is 1. The summed E-state index contributed by atoms with van der Waals surface area (Å²) in [6.07, 6.45) is 3.78. The van der Waals surface area contributed by atoms with Crippen LogP contribution in [0.3, 0.4) is 0 Å². The minimum absolute atomic E-state index is 0.0772. The number of rotatable bonds is 6. The van der Waals surface area contributed by atoms with Gasteiger partial charge in [0.2, 0.25) is 0 Å². The Hall–Kier alpha value is -4.36. The van der Waals surface area contributed by atoms with Crippen molar-refractivity contribution in [3.05, 3.63) is 124 Å². The van der Waals surface area contributed by atoms with Gasteiger partial charge in [0.1, 0.15) is 5.82 Å². The van der Waals surface area contributed by atoms with E-state index in [9.17, 15) is 14.4 Å². The van der Waals surface area contributed by atoms with Crippen molar-refractivity contribution in [2.24, 2.45) is 0 Å². The number of amides is 2. The van der Waals surface area contributed by atoms with Gasteiger partial charge in [0.25, 0.3) is 11.8 Å². The number of fused-ring (bicyclic) bond motifs is 1. The lowest BCUT2D eigenvalue weighted by Crippen LogP contribution is -2.44. The summed E-state index contributed by atoms with van der Waals surface area (Å²) in [4.78, 5) is 50.1. The molecule has 0 aliphatic carbocycles. The summed E-state index contributed by atoms with van der Waals surface area (Å²) in [5.74, 6) is -0.135. The second kappa shape index (κ2) is 10.9. The van der Waals surface area contributed by atoms with Crippen LogP contribution in [0, 0.1) is 6.92 Å². The second-order valence-corrected chi connectivity index (χ2v) is 9.73. The molecule has 8 heteroatoms. The highest BCUT2D eigenvalue weighted by atomic mass is 35.5. The SMILES string of the molecule is Cc1ccc(NC(=O)c2ccc(CN3C(=O)c4ccc(Cl)cc4CC(=O)[C@H]3Cc3ccccn3)cc2)nc1. The number of benzene rings is 2. The minimum atomic E-state index is -0.695. The number of carbonyl (C=O) groups is 3. The molecule has 1 aliphatic rings. The fourth-order valence-corrected chi connectivity index (χ4v) is 4.70. The van der Waals surface area contributed by atoms with Crippen LogP contribution >= 0.6 is 11.6 Å². The van der Waals surface area contributed by atoms with E-state index < -0.39 is 6.04 Å². The number of hydrogen-bond acceptors (Lipinski definition) is 5. The molecular weight excluding hydrogens is 500 g/mol. The largest absolute Gasteiger partial charge is 0.324 e. The van der Waals surface area contributed by atoms with E-state index in [1.54, 1.807) is 65.8 Å². The third-order valence-electron chi connectivity index (χ3n) is 6.52. The van der Waals surface area contributed by atoms with Gasteiger partial charge in [-0.05, 0) is 72.1 Å². The highest BCUT2D eigenvalue weighted by Gasteiger charge is 2.35. The second-order valence-electron chi connectivity index (χ2n) is 9.29. The predicted molar refractivity (Wildman–Crippen MR) is 145 cm³/mol. The molecule has 7 nitrogen and oxygen atoms in total. The number of ketones is 1. The predicted octanol–water partition coefficient (Wildman–Crippen LogP) is 5.07. The number of aryl methyl sites for hydroxylation is 1. The van der Waals surface area contributed by atoms with Crippen molar-refractivity contribution in [2.45, 2.75) is 32.4 Å². The molecular formula is C30H25ClN4O3. The Labute approximate surface area is 225 Å². The first kappa shape index (κ1) is 25.3. The van der Waals surface area contributed by atoms with Crippen molar-refractivity contribution in [2.75, 3.05) is 5.32 Å². The van der Waals surface area contributed by atoms with E-state index in [0.717, 1.165) is 16.8 Å². The number of carbonyl (C=O) groups excluding carboxylic acids is 3. The molecule has 3 heterocycles. The van der Waals surface area contributed by atoms with Crippen LogP contribution in [0.4, 0.5) is 5.82 Å². The molecule has 0 spiro atoms. The molecule has 2 aromatic carbocycles. The van der Waals surface area contributed by atoms with Gasteiger partial charge in [-0.3, -0.25) is 19.4 Å². The topological polar surface area (TPSA) is 92.3 Å². The van der Waals surface area contributed by atoms with E-state index in [2.05, 4.69) is 15.3 Å². The van der Waals surface area contributed by atoms with Gasteiger partial charge in [0.15, 0.2) is 5.78 Å². The summed E-state index contributed by atoms with van der Waals surface area (Å²) >= 11 is 6.17. The van der Waals surface area contributed by atoms with E-state index in [4.69, 9.17) is 11.6 Å². The zero-order valence-corrected chi connectivity index (χ0v) is 21.5. The highest BCUT2D eigenvalue weighted by Crippen LogP contribution is 2.27. The van der Waals surface area contributed by atoms with Gasteiger partial charge in [-0.15, -0.1) is 0 Å². The van der Waals surface area contributed by atoms with Gasteiger partial charge < -0.3 is 10.2 Å². The molecule has 38 heavy (non-hydrogen) atoms. The molecule has 0 saturated heterocycles. The third kappa shape index (κ3) is 5.63. The van der Waals surface area contributed by atoms with Crippen LogP contribution < -0.4 is 5.32 Å². The van der Waals surface area contributed by atoms with Gasteiger partial charge in [0, 0.05) is 53.6 Å². The summed E-state index contributed by atoms with van der Waals surface area (Å²) in [7, 11) is 0. The van der Waals surface area contributed by atoms with E-state index in [1.807, 2.05) is 31.2 Å². The molecule has 0 fully saturated rings. The Bertz CT molecular complexity index is 1490. The number of halogens is 1. The Kier molecular flexibility index (Phi) is 7.29. The van der Waals surface area contributed by atoms with Crippen LogP contribution in [0.15, 0.2) is 85.2 Å². The lowest BCUT2D eigenvalue weighted by Gasteiger charge is -2.29. The van der Waals surface area contributed by atoms with Gasteiger partial charge in [0.05, 0.1) is 6.04 Å². The molecule has 1 N–H and O–H groups in total. The average molecular weight is 525 g/mol. The first-order valence-electron chi connectivity index (χ1n) is 12.2. The molecule has 1 aliphatic heterocycles. The fraction of sp³-hybridized carbons (Fsp3) is 0.167. The average Bonchev–Trinajstić information content (AvgIpc) is 3.00. The van der Waals surface area contributed by atoms with E-state index >= 15 is 0 Å². The quantitative estimate of drug-likeness (QED) is 0.380. The van der Waals surface area contributed by atoms with Crippen LogP contribution in [0.5, 0.6) is 0 Å². The summed E-state index contributed by atoms with van der Waals surface area (Å²) < 4.78 is 0. The van der Waals surface area contributed by atoms with Gasteiger partial charge >= 0.3 is 0 Å². The Morgan fingerprint density at radius 2 is 1.84 bits per heavy atom. The number of nitrogens with zero attached hydrogens (tertiary/aromatic N) is 3. The van der Waals surface area contributed by atoms with Gasteiger partial charge in [-0.1, -0.05) is 35.9 Å². The molecule has 2 amide bonds. The number of pyridine rings is 2. The van der Waals surface area contributed by atoms with Gasteiger partial charge in [-0.2, -0.15) is 0 Å². The number of Topliss-reactive ketones (excluding diaryl/α,β-unsaturated/α-hetero) is 1. The van der Waals surface area contributed by atoms with Crippen molar-refractivity contribution in [1.29, 1.82) is 0 Å². The smallest absolute Gasteiger partial charge is 0.256 e. The molecule has 1 atom stereocenters. The van der Waals surface area contributed by atoms with E-state index in [-0.39, 0.29) is 30.6 Å². The van der Waals surface area contributed by atoms with Crippen molar-refractivity contribution in [3.8, 4) is 0 Å². The lowest BCUT2D eigenvalue weighted by atomic mass is 9.99. The van der Waals surface area contributed by atoms with Crippen LogP contribution in [-0.2, 0) is 24.2 Å². The third-order valence-corrected chi connectivity index (χ3v) is 6.76. The molecule has 0 radical (unpaired) electrons. The molecule has 190 valence electrons. The normalized spacial score (nSPS) is 15.1. The molecule has 0 bridgehead atoms. The summed E-state index contributed by atoms with van der Waals surface area (Å²) in [5.41, 5.74) is 4.06. The first-order valence-corrected chi connectivity index (χ1v) is 12.6. The first-order chi connectivity index (χ1) is 18.4. The zero-order chi connectivity index (χ0) is 26.6. The van der Waals surface area contributed by atoms with Crippen molar-refractivity contribution < 1.29 is 14.4 Å². The maximum atomic E-state index is 13.7. The van der Waals surface area contributed by atoms with Crippen LogP contribution in [0.25, 0.3) is 0 Å². The summed E-state index contributed by atoms with van der Waals surface area (Å²) in [6, 6.07) is 20.5. The molecule has 2 aromatic heterocycles. The van der Waals surface area contributed by atoms with Crippen LogP contribution in [-0.4, -0.2) is 38.5 Å². The number of hydrogen-bond donors (Lipinski definition) is 1.